The molecule has 0 aliphatic heterocycles. The van der Waals surface area contributed by atoms with E-state index in [0.29, 0.717) is 0 Å². The first-order valence-electron chi connectivity index (χ1n) is 3.93. The lowest BCUT2D eigenvalue weighted by Crippen LogP contribution is -2.52. The van der Waals surface area contributed by atoms with E-state index in [-0.39, 0.29) is 5.56 Å². The number of nitrogens with zero attached hydrogens (tertiary/aromatic N) is 1. The minimum Gasteiger partial charge on any atom is -0.480 e. The minimum absolute atomic E-state index is 0.194. The van der Waals surface area contributed by atoms with Crippen LogP contribution in [0.5, 0.6) is 0 Å². The monoisotopic (exact) mass is 194 g/mol. The Labute approximate surface area is 80.6 Å². The quantitative estimate of drug-likeness (QED) is 0.524. The number of aromatic nitrogens is 1. The molecule has 0 bridgehead atoms. The SMILES string of the molecule is CC(N)(C(=O)O)C(=O)c1cccnc1. The highest BCUT2D eigenvalue weighted by atomic mass is 16.4. The van der Waals surface area contributed by atoms with Crippen molar-refractivity contribution >= 4 is 11.8 Å². The summed E-state index contributed by atoms with van der Waals surface area (Å²) in [4.78, 5) is 25.9. The lowest BCUT2D eigenvalue weighted by Gasteiger charge is -2.16. The molecule has 1 atom stereocenters. The number of nitrogens with two attached hydrogens (primary N) is 1. The Bertz CT molecular complexity index is 360. The predicted molar refractivity (Wildman–Crippen MR) is 48.8 cm³/mol. The number of hydrogen-bond acceptors (Lipinski definition) is 4. The van der Waals surface area contributed by atoms with Crippen LogP contribution in [-0.4, -0.2) is 27.4 Å². The van der Waals surface area contributed by atoms with Crippen LogP contribution in [0.1, 0.15) is 17.3 Å². The zero-order valence-electron chi connectivity index (χ0n) is 7.60. The lowest BCUT2D eigenvalue weighted by molar-refractivity contribution is -0.140. The smallest absolute Gasteiger partial charge is 0.331 e. The van der Waals surface area contributed by atoms with E-state index < -0.39 is 17.3 Å². The number of aliphatic carboxylic acids is 1. The summed E-state index contributed by atoms with van der Waals surface area (Å²) in [5, 5.41) is 8.71. The Hall–Kier alpha value is -1.75. The molecule has 1 rings (SSSR count). The molecule has 0 saturated heterocycles. The van der Waals surface area contributed by atoms with E-state index in [4.69, 9.17) is 10.8 Å². The summed E-state index contributed by atoms with van der Waals surface area (Å²) in [6.07, 6.45) is 2.78. The second kappa shape index (κ2) is 3.55. The van der Waals surface area contributed by atoms with Gasteiger partial charge >= 0.3 is 5.97 Å². The van der Waals surface area contributed by atoms with Gasteiger partial charge in [0.15, 0.2) is 11.3 Å². The van der Waals surface area contributed by atoms with Crippen molar-refractivity contribution in [2.45, 2.75) is 12.5 Å². The van der Waals surface area contributed by atoms with Crippen molar-refractivity contribution in [2.75, 3.05) is 0 Å². The third kappa shape index (κ3) is 1.77. The Morgan fingerprint density at radius 2 is 2.21 bits per heavy atom. The van der Waals surface area contributed by atoms with E-state index in [1.807, 2.05) is 0 Å². The van der Waals surface area contributed by atoms with Gasteiger partial charge in [-0.05, 0) is 19.1 Å². The Kier molecular flexibility index (Phi) is 2.62. The van der Waals surface area contributed by atoms with Crippen molar-refractivity contribution in [2.24, 2.45) is 5.73 Å². The molecule has 1 aromatic rings. The van der Waals surface area contributed by atoms with Gasteiger partial charge in [-0.25, -0.2) is 4.79 Å². The molecule has 1 heterocycles. The van der Waals surface area contributed by atoms with Gasteiger partial charge in [0.1, 0.15) is 0 Å². The first-order chi connectivity index (χ1) is 6.46. The van der Waals surface area contributed by atoms with Crippen LogP contribution >= 0.6 is 0 Å². The number of pyridine rings is 1. The average Bonchev–Trinajstić information content (AvgIpc) is 2.17. The number of Topliss-reactive ketones (excluding diaryl/α,β-unsaturated/α-hetero) is 1. The fourth-order valence-corrected chi connectivity index (χ4v) is 0.894. The van der Waals surface area contributed by atoms with Crippen LogP contribution in [0.25, 0.3) is 0 Å². The fourth-order valence-electron chi connectivity index (χ4n) is 0.894. The summed E-state index contributed by atoms with van der Waals surface area (Å²) in [6, 6.07) is 3.02. The van der Waals surface area contributed by atoms with Gasteiger partial charge in [0.25, 0.3) is 0 Å². The molecular formula is C9H10N2O3. The van der Waals surface area contributed by atoms with Crippen LogP contribution in [0.15, 0.2) is 24.5 Å². The maximum absolute atomic E-state index is 11.6. The van der Waals surface area contributed by atoms with Gasteiger partial charge < -0.3 is 10.8 Å². The molecule has 0 aliphatic rings. The van der Waals surface area contributed by atoms with E-state index in [2.05, 4.69) is 4.98 Å². The third-order valence-corrected chi connectivity index (χ3v) is 1.84. The highest BCUT2D eigenvalue weighted by Crippen LogP contribution is 2.09. The normalized spacial score (nSPS) is 14.4. The zero-order chi connectivity index (χ0) is 10.8. The molecule has 0 aliphatic carbocycles. The number of ketones is 1. The second-order valence-electron chi connectivity index (χ2n) is 3.08. The average molecular weight is 194 g/mol. The van der Waals surface area contributed by atoms with E-state index >= 15 is 0 Å². The standard InChI is InChI=1S/C9H10N2O3/c1-9(10,8(13)14)7(12)6-3-2-4-11-5-6/h2-5H,10H2,1H3,(H,13,14). The number of rotatable bonds is 3. The van der Waals surface area contributed by atoms with Crippen molar-refractivity contribution in [1.82, 2.24) is 4.98 Å². The van der Waals surface area contributed by atoms with Gasteiger partial charge in [-0.15, -0.1) is 0 Å². The summed E-state index contributed by atoms with van der Waals surface area (Å²) in [5.74, 6) is -2.01. The van der Waals surface area contributed by atoms with Gasteiger partial charge in [-0.3, -0.25) is 9.78 Å². The Morgan fingerprint density at radius 3 is 2.64 bits per heavy atom. The van der Waals surface area contributed by atoms with Crippen molar-refractivity contribution in [3.05, 3.63) is 30.1 Å². The number of carbonyl (C=O) groups is 2. The van der Waals surface area contributed by atoms with E-state index in [1.165, 1.54) is 18.5 Å². The van der Waals surface area contributed by atoms with Crippen molar-refractivity contribution in [1.29, 1.82) is 0 Å². The molecule has 74 valence electrons. The van der Waals surface area contributed by atoms with Gasteiger partial charge in [0.2, 0.25) is 0 Å². The summed E-state index contributed by atoms with van der Waals surface area (Å²) in [7, 11) is 0. The van der Waals surface area contributed by atoms with Crippen LogP contribution in [0, 0.1) is 0 Å². The van der Waals surface area contributed by atoms with Crippen molar-refractivity contribution in [3.8, 4) is 0 Å². The number of carboxylic acid groups (broad SMARTS) is 1. The molecule has 5 nitrogen and oxygen atoms in total. The van der Waals surface area contributed by atoms with E-state index in [1.54, 1.807) is 6.07 Å². The zero-order valence-corrected chi connectivity index (χ0v) is 7.60. The molecule has 0 saturated carbocycles. The van der Waals surface area contributed by atoms with Gasteiger partial charge in [-0.2, -0.15) is 0 Å². The molecule has 0 spiro atoms. The molecule has 14 heavy (non-hydrogen) atoms. The lowest BCUT2D eigenvalue weighted by atomic mass is 9.93. The van der Waals surface area contributed by atoms with Crippen LogP contribution in [0.4, 0.5) is 0 Å². The maximum atomic E-state index is 11.6. The van der Waals surface area contributed by atoms with Crippen molar-refractivity contribution < 1.29 is 14.7 Å². The van der Waals surface area contributed by atoms with Crippen LogP contribution in [-0.2, 0) is 4.79 Å². The van der Waals surface area contributed by atoms with Gasteiger partial charge in [-0.1, -0.05) is 0 Å². The molecule has 0 aromatic carbocycles. The highest BCUT2D eigenvalue weighted by molar-refractivity contribution is 6.15. The van der Waals surface area contributed by atoms with Crippen LogP contribution in [0.3, 0.4) is 0 Å². The van der Waals surface area contributed by atoms with E-state index in [0.717, 1.165) is 6.92 Å². The minimum atomic E-state index is -1.90. The van der Waals surface area contributed by atoms with Crippen LogP contribution in [0.2, 0.25) is 0 Å². The number of hydrogen-bond donors (Lipinski definition) is 2. The second-order valence-corrected chi connectivity index (χ2v) is 3.08. The molecule has 1 unspecified atom stereocenters. The summed E-state index contributed by atoms with van der Waals surface area (Å²) in [6.45, 7) is 1.16. The highest BCUT2D eigenvalue weighted by Gasteiger charge is 2.37. The fraction of sp³-hybridized carbons (Fsp3) is 0.222. The molecule has 5 heteroatoms. The third-order valence-electron chi connectivity index (χ3n) is 1.84. The van der Waals surface area contributed by atoms with E-state index in [9.17, 15) is 9.59 Å². The number of carboxylic acids is 1. The largest absolute Gasteiger partial charge is 0.480 e. The summed E-state index contributed by atoms with van der Waals surface area (Å²) >= 11 is 0. The topological polar surface area (TPSA) is 93.3 Å². The molecular weight excluding hydrogens is 184 g/mol. The van der Waals surface area contributed by atoms with Crippen LogP contribution < -0.4 is 5.73 Å². The first-order valence-corrected chi connectivity index (χ1v) is 3.93. The maximum Gasteiger partial charge on any atom is 0.331 e. The first kappa shape index (κ1) is 10.3. The van der Waals surface area contributed by atoms with Gasteiger partial charge in [0.05, 0.1) is 0 Å². The summed E-state index contributed by atoms with van der Waals surface area (Å²) in [5.41, 5.74) is 3.65. The molecule has 0 radical (unpaired) electrons. The Balaban J connectivity index is 3.03. The molecule has 3 N–H and O–H groups in total. The summed E-state index contributed by atoms with van der Waals surface area (Å²) < 4.78 is 0. The molecule has 1 aromatic heterocycles. The number of carbonyl (C=O) groups excluding carboxylic acids is 1. The molecule has 0 fully saturated rings. The van der Waals surface area contributed by atoms with Crippen molar-refractivity contribution in [3.63, 3.8) is 0 Å². The predicted octanol–water partition coefficient (Wildman–Crippen LogP) is 0.0663. The Morgan fingerprint density at radius 1 is 1.57 bits per heavy atom. The molecule has 0 amide bonds. The van der Waals surface area contributed by atoms with Gasteiger partial charge in [0, 0.05) is 18.0 Å².